The summed E-state index contributed by atoms with van der Waals surface area (Å²) in [5.41, 5.74) is 0. The number of hydrogen-bond donors (Lipinski definition) is 0. The molecule has 0 aliphatic rings. The number of unbranched alkanes of at least 4 members (excludes halogenated alkanes) is 1. The molecule has 0 fully saturated rings. The van der Waals surface area contributed by atoms with E-state index in [-0.39, 0.29) is 7.30 Å². The van der Waals surface area contributed by atoms with Crippen molar-refractivity contribution < 1.29 is 0 Å². The minimum absolute atomic E-state index is 0.236. The van der Waals surface area contributed by atoms with Crippen molar-refractivity contribution in [2.75, 3.05) is 6.16 Å². The van der Waals surface area contributed by atoms with Crippen molar-refractivity contribution in [3.8, 4) is 0 Å². The maximum absolute atomic E-state index is 3.05. The predicted octanol–water partition coefficient (Wildman–Crippen LogP) is 5.49. The first-order valence-electron chi connectivity index (χ1n) is 5.64. The molecule has 0 amide bonds. The molecule has 0 saturated heterocycles. The Morgan fingerprint density at radius 3 is 2.43 bits per heavy atom. The van der Waals surface area contributed by atoms with Crippen LogP contribution in [0.15, 0.2) is 0 Å². The van der Waals surface area contributed by atoms with Gasteiger partial charge >= 0.3 is 0 Å². The Balaban J connectivity index is 3.83. The summed E-state index contributed by atoms with van der Waals surface area (Å²) in [6, 6.07) is 0. The molecule has 0 nitrogen and oxygen atoms in total. The molecule has 4 heteroatoms. The fourth-order valence-electron chi connectivity index (χ4n) is 1.87. The van der Waals surface area contributed by atoms with E-state index >= 15 is 0 Å². The largest absolute Gasteiger partial charge is 0.110 e. The highest BCUT2D eigenvalue weighted by Gasteiger charge is 2.16. The van der Waals surface area contributed by atoms with E-state index in [0.717, 1.165) is 19.8 Å². The van der Waals surface area contributed by atoms with Crippen LogP contribution in [0.3, 0.4) is 0 Å². The highest BCUT2D eigenvalue weighted by atomic mass is 32.6. The third-order valence-electron chi connectivity index (χ3n) is 2.91. The maximum atomic E-state index is 3.05. The topological polar surface area (TPSA) is 0 Å². The van der Waals surface area contributed by atoms with E-state index in [1.54, 1.807) is 0 Å². The van der Waals surface area contributed by atoms with E-state index in [0.29, 0.717) is 0 Å². The summed E-state index contributed by atoms with van der Waals surface area (Å²) in [5, 5.41) is 0. The molecule has 0 saturated carbocycles. The van der Waals surface area contributed by atoms with Crippen molar-refractivity contribution in [3.05, 3.63) is 0 Å². The van der Waals surface area contributed by atoms with E-state index in [1.807, 2.05) is 0 Å². The quantitative estimate of drug-likeness (QED) is 0.511. The molecule has 14 heavy (non-hydrogen) atoms. The van der Waals surface area contributed by atoms with Crippen molar-refractivity contribution >= 4 is 33.1 Å². The summed E-state index contributed by atoms with van der Waals surface area (Å²) in [5.74, 6) is 1.91. The lowest BCUT2D eigenvalue weighted by Gasteiger charge is -2.24. The Kier molecular flexibility index (Phi) is 11.1. The zero-order valence-corrected chi connectivity index (χ0v) is 14.0. The van der Waals surface area contributed by atoms with Crippen LogP contribution >= 0.6 is 33.1 Å². The highest BCUT2D eigenvalue weighted by molar-refractivity contribution is 8.61. The van der Waals surface area contributed by atoms with E-state index in [2.05, 4.69) is 38.6 Å². The van der Waals surface area contributed by atoms with Gasteiger partial charge in [-0.3, -0.25) is 0 Å². The van der Waals surface area contributed by atoms with Gasteiger partial charge in [0.1, 0.15) is 0 Å². The van der Waals surface area contributed by atoms with Gasteiger partial charge in [-0.25, -0.2) is 0 Å². The van der Waals surface area contributed by atoms with Gasteiger partial charge in [-0.05, 0) is 18.0 Å². The third kappa shape index (κ3) is 7.07. The second-order valence-electron chi connectivity index (χ2n) is 4.07. The average molecular weight is 270 g/mol. The van der Waals surface area contributed by atoms with Gasteiger partial charge in [0.25, 0.3) is 0 Å². The molecule has 0 aliphatic heterocycles. The first-order valence-corrected chi connectivity index (χ1v) is 12.4. The van der Waals surface area contributed by atoms with Gasteiger partial charge in [-0.15, -0.1) is 17.9 Å². The second kappa shape index (κ2) is 9.91. The zero-order valence-electron chi connectivity index (χ0n) is 9.79. The Bertz CT molecular complexity index is 129. The summed E-state index contributed by atoms with van der Waals surface area (Å²) in [4.78, 5) is 0. The lowest BCUT2D eigenvalue weighted by atomic mass is 9.88. The van der Waals surface area contributed by atoms with Crippen LogP contribution in [-0.4, -0.2) is 6.16 Å². The van der Waals surface area contributed by atoms with E-state index in [9.17, 15) is 0 Å². The molecule has 6 atom stereocenters. The zero-order chi connectivity index (χ0) is 11.0. The molecule has 0 aromatic carbocycles. The Morgan fingerprint density at radius 1 is 1.36 bits per heavy atom. The molecule has 0 aromatic rings. The molecule has 0 heterocycles. The summed E-state index contributed by atoms with van der Waals surface area (Å²) in [6.45, 7) is 7.10. The van der Waals surface area contributed by atoms with Gasteiger partial charge < -0.3 is 0 Å². The highest BCUT2D eigenvalue weighted by Crippen LogP contribution is 2.66. The maximum Gasteiger partial charge on any atom is -0.0224 e. The van der Waals surface area contributed by atoms with Gasteiger partial charge in [0.05, 0.1) is 0 Å². The van der Waals surface area contributed by atoms with Gasteiger partial charge in [-0.1, -0.05) is 61.7 Å². The summed E-state index contributed by atoms with van der Waals surface area (Å²) >= 11 is 0. The van der Waals surface area contributed by atoms with Crippen LogP contribution < -0.4 is 0 Å². The molecule has 86 valence electrons. The van der Waals surface area contributed by atoms with Crippen LogP contribution in [0.5, 0.6) is 0 Å². The van der Waals surface area contributed by atoms with Gasteiger partial charge in [0.15, 0.2) is 0 Å². The van der Waals surface area contributed by atoms with Gasteiger partial charge in [0, 0.05) is 0 Å². The molecule has 0 aliphatic carbocycles. The summed E-state index contributed by atoms with van der Waals surface area (Å²) < 4.78 is 0. The lowest BCUT2D eigenvalue weighted by Crippen LogP contribution is -2.13. The smallest absolute Gasteiger partial charge is 0.0224 e. The SMILES string of the molecule is CCCCC(CC)C(C)CP(P)PP. The molecular formula is C10H26P4. The van der Waals surface area contributed by atoms with Crippen molar-refractivity contribution in [3.63, 3.8) is 0 Å². The fraction of sp³-hybridized carbons (Fsp3) is 1.00. The van der Waals surface area contributed by atoms with Crippen LogP contribution in [0.1, 0.15) is 46.5 Å². The monoisotopic (exact) mass is 270 g/mol. The first kappa shape index (κ1) is 15.7. The lowest BCUT2D eigenvalue weighted by molar-refractivity contribution is 0.344. The van der Waals surface area contributed by atoms with Gasteiger partial charge in [0.2, 0.25) is 0 Å². The molecular weight excluding hydrogens is 244 g/mol. The first-order chi connectivity index (χ1) is 6.65. The van der Waals surface area contributed by atoms with Crippen molar-refractivity contribution in [2.45, 2.75) is 46.5 Å². The van der Waals surface area contributed by atoms with E-state index in [1.165, 1.54) is 31.8 Å². The molecule has 0 rings (SSSR count). The van der Waals surface area contributed by atoms with Crippen LogP contribution in [0.25, 0.3) is 0 Å². The van der Waals surface area contributed by atoms with Gasteiger partial charge in [-0.2, -0.15) is 0 Å². The molecule has 6 unspecified atom stereocenters. The van der Waals surface area contributed by atoms with Crippen molar-refractivity contribution in [1.82, 2.24) is 0 Å². The molecule has 0 bridgehead atoms. The van der Waals surface area contributed by atoms with E-state index in [4.69, 9.17) is 0 Å². The third-order valence-corrected chi connectivity index (χ3v) is 13.4. The van der Waals surface area contributed by atoms with Crippen molar-refractivity contribution in [2.24, 2.45) is 11.8 Å². The van der Waals surface area contributed by atoms with E-state index < -0.39 is 0 Å². The second-order valence-corrected chi connectivity index (χ2v) is 13.9. The minimum atomic E-state index is 0.236. The van der Waals surface area contributed by atoms with Crippen LogP contribution in [0.4, 0.5) is 0 Å². The minimum Gasteiger partial charge on any atom is -0.110 e. The molecule has 0 N–H and O–H groups in total. The molecule has 0 radical (unpaired) electrons. The van der Waals surface area contributed by atoms with Crippen LogP contribution in [-0.2, 0) is 0 Å². The molecule has 0 aromatic heterocycles. The van der Waals surface area contributed by atoms with Crippen molar-refractivity contribution in [1.29, 1.82) is 0 Å². The molecule has 0 spiro atoms. The van der Waals surface area contributed by atoms with Crippen LogP contribution in [0, 0.1) is 11.8 Å². The summed E-state index contributed by atoms with van der Waals surface area (Å²) in [6.07, 6.45) is 7.03. The fourth-order valence-corrected chi connectivity index (χ4v) is 6.02. The number of hydrogen-bond acceptors (Lipinski definition) is 0. The Morgan fingerprint density at radius 2 is 2.00 bits per heavy atom. The summed E-state index contributed by atoms with van der Waals surface area (Å²) in [7, 11) is 7.25. The number of rotatable bonds is 8. The normalized spacial score (nSPS) is 18.6. The Hall–Kier alpha value is 1.72. The average Bonchev–Trinajstić information content (AvgIpc) is 2.18. The Labute approximate surface area is 97.8 Å². The predicted molar refractivity (Wildman–Crippen MR) is 82.0 cm³/mol. The standard InChI is InChI=1S/C10H26P4/c1-4-6-7-10(5-2)9(3)8-14(12)13-11/h9-10,13H,4-8,11-12H2,1-3H3. The van der Waals surface area contributed by atoms with Crippen LogP contribution in [0.2, 0.25) is 0 Å².